The Balaban J connectivity index is 2.17. The topological polar surface area (TPSA) is 33.5 Å². The first-order chi connectivity index (χ1) is 9.79. The Morgan fingerprint density at radius 3 is 2.43 bits per heavy atom. The van der Waals surface area contributed by atoms with E-state index in [1.54, 1.807) is 0 Å². The molecule has 21 heavy (non-hydrogen) atoms. The predicted octanol–water partition coefficient (Wildman–Crippen LogP) is 2.10. The summed E-state index contributed by atoms with van der Waals surface area (Å²) in [6.07, 6.45) is 0.367. The van der Waals surface area contributed by atoms with Gasteiger partial charge in [-0.25, -0.2) is 0 Å². The lowest BCUT2D eigenvalue weighted by atomic mass is 9.99. The molecule has 0 radical (unpaired) electrons. The molecule has 3 nitrogen and oxygen atoms in total. The minimum Gasteiger partial charge on any atom is -0.308 e. The SMILES string of the molecule is CC(C)C(=O)N[C@H]([NH+]1CCc2ccccc2C1)C(Cl)(Cl)Cl. The second-order valence-corrected chi connectivity index (χ2v) is 8.11. The number of carbonyl (C=O) groups excluding carboxylic acids is 1. The fourth-order valence-corrected chi connectivity index (χ4v) is 3.20. The molecular formula is C15H20Cl3N2O+. The zero-order chi connectivity index (χ0) is 15.6. The van der Waals surface area contributed by atoms with Crippen LogP contribution in [0, 0.1) is 5.92 Å². The van der Waals surface area contributed by atoms with Gasteiger partial charge < -0.3 is 10.2 Å². The van der Waals surface area contributed by atoms with E-state index in [4.69, 9.17) is 34.8 Å². The third-order valence-electron chi connectivity index (χ3n) is 3.80. The van der Waals surface area contributed by atoms with E-state index in [-0.39, 0.29) is 11.8 Å². The predicted molar refractivity (Wildman–Crippen MR) is 86.7 cm³/mol. The molecule has 0 aliphatic carbocycles. The van der Waals surface area contributed by atoms with Gasteiger partial charge in [-0.3, -0.25) is 4.79 Å². The van der Waals surface area contributed by atoms with Gasteiger partial charge in [-0.15, -0.1) is 0 Å². The van der Waals surface area contributed by atoms with Gasteiger partial charge >= 0.3 is 0 Å². The van der Waals surface area contributed by atoms with E-state index in [2.05, 4.69) is 17.4 Å². The molecule has 1 aliphatic heterocycles. The molecule has 1 heterocycles. The summed E-state index contributed by atoms with van der Waals surface area (Å²) < 4.78 is -1.54. The Bertz CT molecular complexity index is 514. The number of quaternary nitrogens is 1. The van der Waals surface area contributed by atoms with Gasteiger partial charge in [0.25, 0.3) is 3.79 Å². The number of fused-ring (bicyclic) bond motifs is 1. The third kappa shape index (κ3) is 4.26. The van der Waals surface area contributed by atoms with Crippen LogP contribution in [0.4, 0.5) is 0 Å². The third-order valence-corrected chi connectivity index (χ3v) is 4.45. The highest BCUT2D eigenvalue weighted by Crippen LogP contribution is 2.28. The van der Waals surface area contributed by atoms with Gasteiger partial charge in [-0.1, -0.05) is 72.9 Å². The number of alkyl halides is 3. The molecule has 1 amide bonds. The van der Waals surface area contributed by atoms with Crippen LogP contribution < -0.4 is 10.2 Å². The van der Waals surface area contributed by atoms with Crippen molar-refractivity contribution in [3.63, 3.8) is 0 Å². The zero-order valence-electron chi connectivity index (χ0n) is 12.1. The summed E-state index contributed by atoms with van der Waals surface area (Å²) in [6, 6.07) is 8.27. The second kappa shape index (κ2) is 6.74. The highest BCUT2D eigenvalue weighted by atomic mass is 35.6. The Labute approximate surface area is 140 Å². The molecule has 0 saturated heterocycles. The van der Waals surface area contributed by atoms with Crippen molar-refractivity contribution in [2.24, 2.45) is 5.92 Å². The van der Waals surface area contributed by atoms with Gasteiger partial charge in [0.1, 0.15) is 6.54 Å². The van der Waals surface area contributed by atoms with Gasteiger partial charge in [-0.2, -0.15) is 0 Å². The van der Waals surface area contributed by atoms with E-state index in [0.717, 1.165) is 24.4 Å². The van der Waals surface area contributed by atoms with E-state index < -0.39 is 9.96 Å². The number of nitrogens with one attached hydrogen (secondary N) is 2. The van der Waals surface area contributed by atoms with Crippen molar-refractivity contribution in [2.75, 3.05) is 6.54 Å². The van der Waals surface area contributed by atoms with E-state index >= 15 is 0 Å². The molecule has 1 aromatic carbocycles. The van der Waals surface area contributed by atoms with Crippen LogP contribution >= 0.6 is 34.8 Å². The molecule has 6 heteroatoms. The molecule has 2 N–H and O–H groups in total. The molecule has 0 spiro atoms. The number of halogens is 3. The fraction of sp³-hybridized carbons (Fsp3) is 0.533. The number of hydrogen-bond donors (Lipinski definition) is 2. The van der Waals surface area contributed by atoms with Gasteiger partial charge in [-0.05, 0) is 5.56 Å². The van der Waals surface area contributed by atoms with Crippen molar-refractivity contribution in [3.8, 4) is 0 Å². The molecule has 0 bridgehead atoms. The van der Waals surface area contributed by atoms with Crippen LogP contribution in [0.2, 0.25) is 0 Å². The molecule has 1 unspecified atom stereocenters. The number of hydrogen-bond acceptors (Lipinski definition) is 1. The first-order valence-electron chi connectivity index (χ1n) is 7.07. The highest BCUT2D eigenvalue weighted by Gasteiger charge is 2.43. The minimum atomic E-state index is -1.54. The second-order valence-electron chi connectivity index (χ2n) is 5.74. The summed E-state index contributed by atoms with van der Waals surface area (Å²) in [5.41, 5.74) is 2.58. The van der Waals surface area contributed by atoms with E-state index in [9.17, 15) is 4.79 Å². The maximum absolute atomic E-state index is 12.0. The van der Waals surface area contributed by atoms with Gasteiger partial charge in [0.05, 0.1) is 6.54 Å². The summed E-state index contributed by atoms with van der Waals surface area (Å²) in [5.74, 6) is -0.242. The Kier molecular flexibility index (Phi) is 5.42. The standard InChI is InChI=1S/C15H19Cl3N2O/c1-10(2)13(21)19-14(15(16,17)18)20-8-7-11-5-3-4-6-12(11)9-20/h3-6,10,14H,7-9H2,1-2H3,(H,19,21)/p+1/t14-/m1/s1. The monoisotopic (exact) mass is 349 g/mol. The van der Waals surface area contributed by atoms with Gasteiger partial charge in [0.15, 0.2) is 0 Å². The molecule has 2 rings (SSSR count). The van der Waals surface area contributed by atoms with Crippen LogP contribution in [0.5, 0.6) is 0 Å². The van der Waals surface area contributed by atoms with Crippen LogP contribution in [0.15, 0.2) is 24.3 Å². The smallest absolute Gasteiger partial charge is 0.262 e. The number of carbonyl (C=O) groups is 1. The lowest BCUT2D eigenvalue weighted by molar-refractivity contribution is -0.942. The number of benzene rings is 1. The van der Waals surface area contributed by atoms with Gasteiger partial charge in [0.2, 0.25) is 12.1 Å². The van der Waals surface area contributed by atoms with E-state index in [1.165, 1.54) is 11.1 Å². The summed E-state index contributed by atoms with van der Waals surface area (Å²) in [4.78, 5) is 13.1. The largest absolute Gasteiger partial charge is 0.308 e. The lowest BCUT2D eigenvalue weighted by Crippen LogP contribution is -3.19. The molecule has 0 aromatic heterocycles. The Morgan fingerprint density at radius 1 is 1.24 bits per heavy atom. The maximum atomic E-state index is 12.0. The van der Waals surface area contributed by atoms with Gasteiger partial charge in [0, 0.05) is 17.9 Å². The normalized spacial score (nSPS) is 20.0. The van der Waals surface area contributed by atoms with Crippen molar-refractivity contribution < 1.29 is 9.69 Å². The van der Waals surface area contributed by atoms with Crippen molar-refractivity contribution >= 4 is 40.7 Å². The first kappa shape index (κ1) is 16.9. The molecule has 0 fully saturated rings. The Hall–Kier alpha value is -0.480. The maximum Gasteiger partial charge on any atom is 0.262 e. The molecule has 1 aromatic rings. The van der Waals surface area contributed by atoms with Crippen LogP contribution in [-0.2, 0) is 17.8 Å². The van der Waals surface area contributed by atoms with Crippen LogP contribution in [0.3, 0.4) is 0 Å². The Morgan fingerprint density at radius 2 is 1.86 bits per heavy atom. The molecule has 116 valence electrons. The average Bonchev–Trinajstić information content (AvgIpc) is 2.42. The van der Waals surface area contributed by atoms with E-state index in [1.807, 2.05) is 26.0 Å². The van der Waals surface area contributed by atoms with Crippen molar-refractivity contribution in [2.45, 2.75) is 36.8 Å². The summed E-state index contributed by atoms with van der Waals surface area (Å²) in [6.45, 7) is 5.22. The minimum absolute atomic E-state index is 0.0994. The van der Waals surface area contributed by atoms with Crippen LogP contribution in [0.25, 0.3) is 0 Å². The fourth-order valence-electron chi connectivity index (χ4n) is 2.57. The zero-order valence-corrected chi connectivity index (χ0v) is 14.4. The van der Waals surface area contributed by atoms with Crippen molar-refractivity contribution in [3.05, 3.63) is 35.4 Å². The van der Waals surface area contributed by atoms with Crippen LogP contribution in [0.1, 0.15) is 25.0 Å². The molecular weight excluding hydrogens is 331 g/mol. The summed E-state index contributed by atoms with van der Waals surface area (Å²) >= 11 is 18.3. The molecule has 2 atom stereocenters. The molecule has 1 aliphatic rings. The number of rotatable bonds is 3. The quantitative estimate of drug-likeness (QED) is 0.804. The van der Waals surface area contributed by atoms with Crippen molar-refractivity contribution in [1.82, 2.24) is 5.32 Å². The van der Waals surface area contributed by atoms with Crippen LogP contribution in [-0.4, -0.2) is 22.4 Å². The lowest BCUT2D eigenvalue weighted by Gasteiger charge is -2.36. The summed E-state index contributed by atoms with van der Waals surface area (Å²) in [5, 5.41) is 2.89. The number of amides is 1. The van der Waals surface area contributed by atoms with E-state index in [0.29, 0.717) is 0 Å². The summed E-state index contributed by atoms with van der Waals surface area (Å²) in [7, 11) is 0. The average molecular weight is 351 g/mol. The molecule has 0 saturated carbocycles. The first-order valence-corrected chi connectivity index (χ1v) is 8.21. The van der Waals surface area contributed by atoms with Crippen molar-refractivity contribution in [1.29, 1.82) is 0 Å². The highest BCUT2D eigenvalue weighted by molar-refractivity contribution is 6.68.